The Morgan fingerprint density at radius 3 is 2.57 bits per heavy atom. The van der Waals surface area contributed by atoms with E-state index in [-0.39, 0.29) is 28.3 Å². The normalized spacial score (nSPS) is 15.0. The molecule has 0 bridgehead atoms. The summed E-state index contributed by atoms with van der Waals surface area (Å²) in [5.74, 6) is -0.922. The molecule has 0 atom stereocenters. The standard InChI is InChI=1S/C22H21NO6S/c1-2-28-17-10-6-9-16(20(17)29-14-19(24)25)13-18-21(26)23(22(27)30-18)12-11-15-7-4-3-5-8-15/h3-10,13H,2,11-12,14H2,1H3,(H,24,25)/b18-13-. The van der Waals surface area contributed by atoms with Gasteiger partial charge in [-0.25, -0.2) is 4.79 Å². The summed E-state index contributed by atoms with van der Waals surface area (Å²) in [6.45, 7) is 1.89. The molecule has 1 aliphatic heterocycles. The van der Waals surface area contributed by atoms with E-state index in [4.69, 9.17) is 14.6 Å². The van der Waals surface area contributed by atoms with E-state index in [0.29, 0.717) is 24.3 Å². The Morgan fingerprint density at radius 1 is 1.10 bits per heavy atom. The summed E-state index contributed by atoms with van der Waals surface area (Å²) >= 11 is 0.850. The lowest BCUT2D eigenvalue weighted by atomic mass is 10.1. The molecule has 1 heterocycles. The number of carbonyl (C=O) groups is 3. The Hall–Kier alpha value is -3.26. The van der Waals surface area contributed by atoms with Gasteiger partial charge in [0.25, 0.3) is 11.1 Å². The fourth-order valence-corrected chi connectivity index (χ4v) is 3.78. The number of ether oxygens (including phenoxy) is 2. The molecule has 30 heavy (non-hydrogen) atoms. The molecule has 2 amide bonds. The van der Waals surface area contributed by atoms with Gasteiger partial charge in [-0.1, -0.05) is 42.5 Å². The predicted molar refractivity (Wildman–Crippen MR) is 114 cm³/mol. The van der Waals surface area contributed by atoms with Crippen LogP contribution in [0.25, 0.3) is 6.08 Å². The second kappa shape index (κ2) is 9.98. The van der Waals surface area contributed by atoms with E-state index >= 15 is 0 Å². The van der Waals surface area contributed by atoms with Crippen LogP contribution in [0.5, 0.6) is 11.5 Å². The first kappa shape index (κ1) is 21.4. The number of hydrogen-bond acceptors (Lipinski definition) is 6. The van der Waals surface area contributed by atoms with E-state index in [1.165, 1.54) is 11.0 Å². The first-order valence-corrected chi connectivity index (χ1v) is 10.2. The van der Waals surface area contributed by atoms with Crippen LogP contribution in [0.2, 0.25) is 0 Å². The number of para-hydroxylation sites is 1. The van der Waals surface area contributed by atoms with Crippen LogP contribution in [0.15, 0.2) is 53.4 Å². The summed E-state index contributed by atoms with van der Waals surface area (Å²) in [5.41, 5.74) is 1.50. The minimum Gasteiger partial charge on any atom is -0.490 e. The summed E-state index contributed by atoms with van der Waals surface area (Å²) < 4.78 is 10.9. The van der Waals surface area contributed by atoms with Crippen LogP contribution in [0.4, 0.5) is 4.79 Å². The third kappa shape index (κ3) is 5.21. The van der Waals surface area contributed by atoms with Crippen LogP contribution in [-0.2, 0) is 16.0 Å². The van der Waals surface area contributed by atoms with Gasteiger partial charge in [0.15, 0.2) is 18.1 Å². The summed E-state index contributed by atoms with van der Waals surface area (Å²) in [4.78, 5) is 37.6. The highest BCUT2D eigenvalue weighted by Crippen LogP contribution is 2.37. The van der Waals surface area contributed by atoms with Crippen molar-refractivity contribution in [3.63, 3.8) is 0 Å². The van der Waals surface area contributed by atoms with Crippen LogP contribution >= 0.6 is 11.8 Å². The average Bonchev–Trinajstić information content (AvgIpc) is 2.99. The molecule has 3 rings (SSSR count). The van der Waals surface area contributed by atoms with Crippen LogP contribution < -0.4 is 9.47 Å². The Morgan fingerprint density at radius 2 is 1.87 bits per heavy atom. The number of thioether (sulfide) groups is 1. The minimum atomic E-state index is -1.13. The molecule has 0 aliphatic carbocycles. The fraction of sp³-hybridized carbons (Fsp3) is 0.227. The molecule has 7 nitrogen and oxygen atoms in total. The maximum absolute atomic E-state index is 12.8. The van der Waals surface area contributed by atoms with Crippen molar-refractivity contribution < 1.29 is 29.0 Å². The van der Waals surface area contributed by atoms with Crippen LogP contribution in [-0.4, -0.2) is 46.9 Å². The zero-order valence-electron chi connectivity index (χ0n) is 16.4. The largest absolute Gasteiger partial charge is 0.490 e. The minimum absolute atomic E-state index is 0.220. The Kier molecular flexibility index (Phi) is 7.13. The highest BCUT2D eigenvalue weighted by atomic mass is 32.2. The molecule has 0 aromatic heterocycles. The number of rotatable bonds is 9. The van der Waals surface area contributed by atoms with E-state index in [9.17, 15) is 14.4 Å². The van der Waals surface area contributed by atoms with E-state index in [2.05, 4.69) is 0 Å². The van der Waals surface area contributed by atoms with Crippen LogP contribution in [0, 0.1) is 0 Å². The topological polar surface area (TPSA) is 93.1 Å². The van der Waals surface area contributed by atoms with Crippen LogP contribution in [0.3, 0.4) is 0 Å². The van der Waals surface area contributed by atoms with Crippen molar-refractivity contribution in [1.82, 2.24) is 4.90 Å². The molecule has 0 spiro atoms. The molecule has 1 N–H and O–H groups in total. The van der Waals surface area contributed by atoms with Crippen molar-refractivity contribution in [2.45, 2.75) is 13.3 Å². The van der Waals surface area contributed by atoms with Crippen molar-refractivity contribution in [2.75, 3.05) is 19.8 Å². The van der Waals surface area contributed by atoms with E-state index in [1.54, 1.807) is 25.1 Å². The number of imide groups is 1. The van der Waals surface area contributed by atoms with Gasteiger partial charge in [-0.15, -0.1) is 0 Å². The van der Waals surface area contributed by atoms with Crippen molar-refractivity contribution in [1.29, 1.82) is 0 Å². The van der Waals surface area contributed by atoms with Gasteiger partial charge < -0.3 is 14.6 Å². The van der Waals surface area contributed by atoms with Gasteiger partial charge in [0.2, 0.25) is 0 Å². The first-order valence-electron chi connectivity index (χ1n) is 9.39. The van der Waals surface area contributed by atoms with Gasteiger partial charge in [0.1, 0.15) is 0 Å². The lowest BCUT2D eigenvalue weighted by molar-refractivity contribution is -0.139. The Labute approximate surface area is 178 Å². The number of carboxylic acid groups (broad SMARTS) is 1. The maximum atomic E-state index is 12.8. The van der Waals surface area contributed by atoms with Gasteiger partial charge in [-0.3, -0.25) is 14.5 Å². The van der Waals surface area contributed by atoms with Gasteiger partial charge in [0, 0.05) is 12.1 Å². The predicted octanol–water partition coefficient (Wildman–Crippen LogP) is 3.83. The zero-order valence-corrected chi connectivity index (χ0v) is 17.2. The monoisotopic (exact) mass is 427 g/mol. The lowest BCUT2D eigenvalue weighted by Crippen LogP contribution is -2.30. The second-order valence-electron chi connectivity index (χ2n) is 6.36. The number of carbonyl (C=O) groups excluding carboxylic acids is 2. The molecular formula is C22H21NO6S. The molecule has 0 saturated carbocycles. The number of carboxylic acids is 1. The quantitative estimate of drug-likeness (QED) is 0.608. The molecule has 0 unspecified atom stereocenters. The molecule has 2 aromatic rings. The molecule has 1 aliphatic rings. The molecule has 1 saturated heterocycles. The van der Waals surface area contributed by atoms with Crippen molar-refractivity contribution >= 4 is 35.0 Å². The highest BCUT2D eigenvalue weighted by molar-refractivity contribution is 8.18. The zero-order chi connectivity index (χ0) is 21.5. The number of benzene rings is 2. The summed E-state index contributed by atoms with van der Waals surface area (Å²) in [7, 11) is 0. The third-order valence-corrected chi connectivity index (χ3v) is 5.18. The van der Waals surface area contributed by atoms with Crippen molar-refractivity contribution in [3.8, 4) is 11.5 Å². The Bertz CT molecular complexity index is 973. The molecular weight excluding hydrogens is 406 g/mol. The van der Waals surface area contributed by atoms with Gasteiger partial charge >= 0.3 is 5.97 Å². The number of hydrogen-bond donors (Lipinski definition) is 1. The van der Waals surface area contributed by atoms with E-state index in [0.717, 1.165) is 17.3 Å². The van der Waals surface area contributed by atoms with Gasteiger partial charge in [-0.2, -0.15) is 0 Å². The van der Waals surface area contributed by atoms with E-state index < -0.39 is 12.6 Å². The van der Waals surface area contributed by atoms with Crippen molar-refractivity contribution in [2.24, 2.45) is 0 Å². The molecule has 0 radical (unpaired) electrons. The van der Waals surface area contributed by atoms with Crippen LogP contribution in [0.1, 0.15) is 18.1 Å². The summed E-state index contributed by atoms with van der Waals surface area (Å²) in [6, 6.07) is 14.7. The Balaban J connectivity index is 1.82. The van der Waals surface area contributed by atoms with Crippen molar-refractivity contribution in [3.05, 3.63) is 64.6 Å². The molecule has 2 aromatic carbocycles. The molecule has 8 heteroatoms. The summed E-state index contributed by atoms with van der Waals surface area (Å²) in [6.07, 6.45) is 2.10. The van der Waals surface area contributed by atoms with Gasteiger partial charge in [-0.05, 0) is 42.8 Å². The highest BCUT2D eigenvalue weighted by Gasteiger charge is 2.35. The molecule has 156 valence electrons. The molecule has 1 fully saturated rings. The number of amides is 2. The van der Waals surface area contributed by atoms with E-state index in [1.807, 2.05) is 30.3 Å². The number of nitrogens with zero attached hydrogens (tertiary/aromatic N) is 1. The lowest BCUT2D eigenvalue weighted by Gasteiger charge is -2.14. The SMILES string of the molecule is CCOc1cccc(/C=C2\SC(=O)N(CCc3ccccc3)C2=O)c1OCC(=O)O. The third-order valence-electron chi connectivity index (χ3n) is 4.28. The fourth-order valence-electron chi connectivity index (χ4n) is 2.92. The average molecular weight is 427 g/mol. The first-order chi connectivity index (χ1) is 14.5. The summed E-state index contributed by atoms with van der Waals surface area (Å²) in [5, 5.41) is 8.61. The maximum Gasteiger partial charge on any atom is 0.341 e. The second-order valence-corrected chi connectivity index (χ2v) is 7.35. The smallest absolute Gasteiger partial charge is 0.341 e. The van der Waals surface area contributed by atoms with Gasteiger partial charge in [0.05, 0.1) is 11.5 Å². The number of aliphatic carboxylic acids is 1.